The molecule has 0 fully saturated rings. The molecular weight excluding hydrogens is 310 g/mol. The summed E-state index contributed by atoms with van der Waals surface area (Å²) in [6.07, 6.45) is 4.89. The predicted molar refractivity (Wildman–Crippen MR) is 93.9 cm³/mol. The molecule has 5 heteroatoms. The number of carboxylic acids is 1. The van der Waals surface area contributed by atoms with E-state index in [0.29, 0.717) is 19.4 Å². The van der Waals surface area contributed by atoms with Gasteiger partial charge in [0.05, 0.1) is 0 Å². The number of aliphatic carboxylic acids is 1. The van der Waals surface area contributed by atoms with Gasteiger partial charge in [0.1, 0.15) is 0 Å². The van der Waals surface area contributed by atoms with E-state index in [2.05, 4.69) is 28.9 Å². The fraction of sp³-hybridized carbons (Fsp3) is 0.444. The van der Waals surface area contributed by atoms with E-state index in [1.165, 1.54) is 15.6 Å². The lowest BCUT2D eigenvalue weighted by molar-refractivity contribution is -0.137. The van der Waals surface area contributed by atoms with E-state index in [1.54, 1.807) is 11.3 Å². The van der Waals surface area contributed by atoms with E-state index in [-0.39, 0.29) is 12.3 Å². The molecule has 1 amide bonds. The van der Waals surface area contributed by atoms with Crippen molar-refractivity contribution in [1.29, 1.82) is 0 Å². The van der Waals surface area contributed by atoms with Crippen molar-refractivity contribution >= 4 is 33.3 Å². The predicted octanol–water partition coefficient (Wildman–Crippen LogP) is 3.99. The summed E-state index contributed by atoms with van der Waals surface area (Å²) < 4.78 is 1.30. The summed E-state index contributed by atoms with van der Waals surface area (Å²) in [6.45, 7) is 0.639. The van der Waals surface area contributed by atoms with Gasteiger partial charge in [0.2, 0.25) is 5.91 Å². The van der Waals surface area contributed by atoms with E-state index < -0.39 is 5.97 Å². The molecule has 0 saturated carbocycles. The Hall–Kier alpha value is -1.88. The van der Waals surface area contributed by atoms with E-state index in [1.807, 2.05) is 6.07 Å². The van der Waals surface area contributed by atoms with Gasteiger partial charge in [-0.1, -0.05) is 24.6 Å². The number of hydrogen-bond acceptors (Lipinski definition) is 3. The topological polar surface area (TPSA) is 66.4 Å². The molecule has 4 nitrogen and oxygen atoms in total. The van der Waals surface area contributed by atoms with Crippen LogP contribution in [0.25, 0.3) is 10.1 Å². The highest BCUT2D eigenvalue weighted by Gasteiger charge is 2.05. The normalized spacial score (nSPS) is 10.8. The number of fused-ring (bicyclic) bond motifs is 1. The van der Waals surface area contributed by atoms with E-state index in [0.717, 1.165) is 25.7 Å². The van der Waals surface area contributed by atoms with Crippen molar-refractivity contribution in [2.24, 2.45) is 0 Å². The largest absolute Gasteiger partial charge is 0.481 e. The highest BCUT2D eigenvalue weighted by Crippen LogP contribution is 2.26. The number of carboxylic acid groups (broad SMARTS) is 1. The smallest absolute Gasteiger partial charge is 0.303 e. The zero-order chi connectivity index (χ0) is 16.5. The number of thiophene rings is 1. The molecule has 1 aromatic carbocycles. The second-order valence-electron chi connectivity index (χ2n) is 5.67. The number of carbonyl (C=O) groups is 2. The van der Waals surface area contributed by atoms with Gasteiger partial charge in [-0.15, -0.1) is 11.3 Å². The van der Waals surface area contributed by atoms with Gasteiger partial charge in [-0.05, 0) is 48.1 Å². The van der Waals surface area contributed by atoms with Gasteiger partial charge < -0.3 is 10.4 Å². The van der Waals surface area contributed by atoms with Gasteiger partial charge in [0.25, 0.3) is 0 Å². The lowest BCUT2D eigenvalue weighted by Crippen LogP contribution is -2.24. The summed E-state index contributed by atoms with van der Waals surface area (Å²) in [5.74, 6) is -0.669. The number of benzene rings is 1. The van der Waals surface area contributed by atoms with Gasteiger partial charge >= 0.3 is 5.97 Å². The molecule has 0 atom stereocenters. The molecule has 0 radical (unpaired) electrons. The van der Waals surface area contributed by atoms with Gasteiger partial charge in [-0.25, -0.2) is 0 Å². The minimum atomic E-state index is -0.755. The molecule has 124 valence electrons. The van der Waals surface area contributed by atoms with Crippen LogP contribution in [0, 0.1) is 0 Å². The number of amides is 1. The van der Waals surface area contributed by atoms with Crippen molar-refractivity contribution in [3.05, 3.63) is 35.2 Å². The maximum absolute atomic E-state index is 11.8. The van der Waals surface area contributed by atoms with Crippen LogP contribution in [0.5, 0.6) is 0 Å². The van der Waals surface area contributed by atoms with Crippen molar-refractivity contribution in [3.8, 4) is 0 Å². The second-order valence-corrected chi connectivity index (χ2v) is 6.58. The lowest BCUT2D eigenvalue weighted by Gasteiger charge is -2.05. The molecule has 0 aliphatic carbocycles. The van der Waals surface area contributed by atoms with E-state index in [9.17, 15) is 9.59 Å². The molecule has 2 rings (SSSR count). The third-order valence-electron chi connectivity index (χ3n) is 3.80. The van der Waals surface area contributed by atoms with Crippen molar-refractivity contribution < 1.29 is 14.7 Å². The maximum atomic E-state index is 11.8. The third-order valence-corrected chi connectivity index (χ3v) is 4.81. The molecule has 0 bridgehead atoms. The Bertz CT molecular complexity index is 651. The second kappa shape index (κ2) is 9.30. The zero-order valence-corrected chi connectivity index (χ0v) is 14.0. The van der Waals surface area contributed by atoms with Crippen LogP contribution in [-0.4, -0.2) is 23.5 Å². The molecule has 0 aliphatic heterocycles. The number of carbonyl (C=O) groups excluding carboxylic acids is 1. The molecule has 0 unspecified atom stereocenters. The molecule has 0 saturated heterocycles. The van der Waals surface area contributed by atoms with Crippen LogP contribution in [-0.2, 0) is 16.0 Å². The lowest BCUT2D eigenvalue weighted by atomic mass is 10.1. The van der Waals surface area contributed by atoms with E-state index >= 15 is 0 Å². The molecule has 2 N–H and O–H groups in total. The molecule has 1 heterocycles. The summed E-state index contributed by atoms with van der Waals surface area (Å²) in [5, 5.41) is 14.9. The molecule has 1 aromatic heterocycles. The Kier molecular flexibility index (Phi) is 7.07. The van der Waals surface area contributed by atoms with Gasteiger partial charge in [0.15, 0.2) is 0 Å². The van der Waals surface area contributed by atoms with Crippen LogP contribution < -0.4 is 5.32 Å². The Morgan fingerprint density at radius 1 is 1.04 bits per heavy atom. The van der Waals surface area contributed by atoms with Crippen molar-refractivity contribution in [1.82, 2.24) is 5.32 Å². The highest BCUT2D eigenvalue weighted by molar-refractivity contribution is 7.17. The molecule has 2 aromatic rings. The fourth-order valence-corrected chi connectivity index (χ4v) is 3.56. The number of nitrogens with one attached hydrogen (secondary N) is 1. The first kappa shape index (κ1) is 17.5. The number of hydrogen-bond donors (Lipinski definition) is 2. The molecular formula is C18H23NO3S. The summed E-state index contributed by atoms with van der Waals surface area (Å²) in [6, 6.07) is 8.36. The number of rotatable bonds is 10. The van der Waals surface area contributed by atoms with E-state index in [4.69, 9.17) is 5.11 Å². The monoisotopic (exact) mass is 333 g/mol. The first-order valence-electron chi connectivity index (χ1n) is 8.10. The van der Waals surface area contributed by atoms with Crippen LogP contribution in [0.15, 0.2) is 29.6 Å². The summed E-state index contributed by atoms with van der Waals surface area (Å²) in [5.41, 5.74) is 1.33. The number of aryl methyl sites for hydroxylation is 1. The van der Waals surface area contributed by atoms with Crippen molar-refractivity contribution in [2.45, 2.75) is 44.9 Å². The maximum Gasteiger partial charge on any atom is 0.303 e. The minimum absolute atomic E-state index is 0.0859. The van der Waals surface area contributed by atoms with Crippen LogP contribution in [0.1, 0.15) is 44.1 Å². The van der Waals surface area contributed by atoms with Gasteiger partial charge in [0, 0.05) is 24.1 Å². The van der Waals surface area contributed by atoms with Crippen LogP contribution >= 0.6 is 11.3 Å². The average Bonchev–Trinajstić information content (AvgIpc) is 2.94. The highest BCUT2D eigenvalue weighted by atomic mass is 32.1. The van der Waals surface area contributed by atoms with Gasteiger partial charge in [-0.3, -0.25) is 9.59 Å². The SMILES string of the molecule is O=C(O)CCCCCNC(=O)CCCc1csc2ccccc12. The Labute approximate surface area is 140 Å². The average molecular weight is 333 g/mol. The van der Waals surface area contributed by atoms with Crippen LogP contribution in [0.4, 0.5) is 0 Å². The summed E-state index contributed by atoms with van der Waals surface area (Å²) >= 11 is 1.75. The van der Waals surface area contributed by atoms with Crippen LogP contribution in [0.2, 0.25) is 0 Å². The summed E-state index contributed by atoms with van der Waals surface area (Å²) in [7, 11) is 0. The van der Waals surface area contributed by atoms with Crippen LogP contribution in [0.3, 0.4) is 0 Å². The molecule has 0 spiro atoms. The first-order valence-corrected chi connectivity index (χ1v) is 8.98. The minimum Gasteiger partial charge on any atom is -0.481 e. The Balaban J connectivity index is 1.59. The third kappa shape index (κ3) is 6.02. The summed E-state index contributed by atoms with van der Waals surface area (Å²) in [4.78, 5) is 22.1. The number of unbranched alkanes of at least 4 members (excludes halogenated alkanes) is 2. The molecule has 23 heavy (non-hydrogen) atoms. The Morgan fingerprint density at radius 2 is 1.87 bits per heavy atom. The molecule has 0 aliphatic rings. The van der Waals surface area contributed by atoms with Crippen molar-refractivity contribution in [3.63, 3.8) is 0 Å². The van der Waals surface area contributed by atoms with Crippen molar-refractivity contribution in [2.75, 3.05) is 6.54 Å². The Morgan fingerprint density at radius 3 is 2.70 bits per heavy atom. The zero-order valence-electron chi connectivity index (χ0n) is 13.2. The fourth-order valence-electron chi connectivity index (χ4n) is 2.56. The first-order chi connectivity index (χ1) is 11.2. The van der Waals surface area contributed by atoms with Gasteiger partial charge in [-0.2, -0.15) is 0 Å². The standard InChI is InChI=1S/C18H23NO3S/c20-17(19-12-5-1-2-11-18(21)22)10-6-7-14-13-23-16-9-4-3-8-15(14)16/h3-4,8-9,13H,1-2,5-7,10-12H2,(H,19,20)(H,21,22). The quantitative estimate of drug-likeness (QED) is 0.646.